The lowest BCUT2D eigenvalue weighted by Crippen LogP contribution is -2.71. The molecule has 1 amide bonds. The van der Waals surface area contributed by atoms with Gasteiger partial charge in [0.05, 0.1) is 19.2 Å². The van der Waals surface area contributed by atoms with Gasteiger partial charge in [0, 0.05) is 11.8 Å². The van der Waals surface area contributed by atoms with E-state index < -0.39 is 11.5 Å². The molecular formula is C28H42NO4+. The highest BCUT2D eigenvalue weighted by Crippen LogP contribution is 2.39. The number of nitrogens with zero attached hydrogens (tertiary/aromatic N) is 1. The average molecular weight is 457 g/mol. The molecule has 0 bridgehead atoms. The number of carbonyl (C=O) groups excluding carboxylic acids is 3. The standard InChI is InChI=1S/C28H42NO4/c1-4-28(2,3)25(30)26(31)29(23-17-9-6-10-18-23)20-12-11-19-24(29)27(32)33-21-13-16-22-14-7-5-8-15-22/h5,7-8,14-15,23-24H,4,6,9-13,16-21H2,1-3H3/q+1. The molecule has 0 N–H and O–H groups in total. The number of hydrogen-bond acceptors (Lipinski definition) is 4. The Morgan fingerprint density at radius 1 is 0.970 bits per heavy atom. The minimum absolute atomic E-state index is 0.0137. The van der Waals surface area contributed by atoms with E-state index in [1.807, 2.05) is 39.0 Å². The van der Waals surface area contributed by atoms with Crippen molar-refractivity contribution in [2.75, 3.05) is 13.2 Å². The van der Waals surface area contributed by atoms with E-state index in [2.05, 4.69) is 12.1 Å². The van der Waals surface area contributed by atoms with Gasteiger partial charge in [0.25, 0.3) is 5.78 Å². The predicted molar refractivity (Wildman–Crippen MR) is 129 cm³/mol. The van der Waals surface area contributed by atoms with E-state index in [9.17, 15) is 14.4 Å². The van der Waals surface area contributed by atoms with Gasteiger partial charge in [-0.15, -0.1) is 0 Å². The van der Waals surface area contributed by atoms with Crippen LogP contribution in [0.5, 0.6) is 0 Å². The van der Waals surface area contributed by atoms with Gasteiger partial charge in [-0.1, -0.05) is 57.5 Å². The molecule has 1 aliphatic carbocycles. The summed E-state index contributed by atoms with van der Waals surface area (Å²) in [6.07, 6.45) is 9.70. The molecule has 2 fully saturated rings. The Hall–Kier alpha value is -2.01. The van der Waals surface area contributed by atoms with E-state index in [-0.39, 0.29) is 28.2 Å². The predicted octanol–water partition coefficient (Wildman–Crippen LogP) is 5.40. The molecule has 33 heavy (non-hydrogen) atoms. The summed E-state index contributed by atoms with van der Waals surface area (Å²) in [7, 11) is 0. The first-order valence-electron chi connectivity index (χ1n) is 13.0. The van der Waals surface area contributed by atoms with Crippen LogP contribution in [0.3, 0.4) is 0 Å². The van der Waals surface area contributed by atoms with E-state index in [0.29, 0.717) is 26.0 Å². The summed E-state index contributed by atoms with van der Waals surface area (Å²) in [4.78, 5) is 40.8. The van der Waals surface area contributed by atoms with Crippen LogP contribution in [0, 0.1) is 5.41 Å². The molecule has 0 spiro atoms. The number of piperidine rings is 1. The largest absolute Gasteiger partial charge is 0.461 e. The van der Waals surface area contributed by atoms with Crippen LogP contribution in [-0.2, 0) is 25.5 Å². The Labute approximate surface area is 199 Å². The molecule has 0 radical (unpaired) electrons. The van der Waals surface area contributed by atoms with Crippen molar-refractivity contribution in [2.45, 2.75) is 103 Å². The van der Waals surface area contributed by atoms with Crippen LogP contribution in [-0.4, -0.2) is 47.4 Å². The van der Waals surface area contributed by atoms with Crippen molar-refractivity contribution in [3.05, 3.63) is 35.9 Å². The molecule has 1 saturated heterocycles. The number of esters is 1. The number of Topliss-reactive ketones (excluding diaryl/α,β-unsaturated/α-hetero) is 1. The topological polar surface area (TPSA) is 60.4 Å². The second-order valence-corrected chi connectivity index (χ2v) is 10.6. The van der Waals surface area contributed by atoms with Crippen LogP contribution in [0.1, 0.15) is 90.5 Å². The molecular weight excluding hydrogens is 414 g/mol. The highest BCUT2D eigenvalue weighted by molar-refractivity contribution is 6.35. The molecule has 1 aromatic carbocycles. The fourth-order valence-electron chi connectivity index (χ4n) is 5.62. The van der Waals surface area contributed by atoms with Crippen molar-refractivity contribution in [1.29, 1.82) is 0 Å². The molecule has 2 aliphatic rings. The minimum atomic E-state index is -0.710. The maximum absolute atomic E-state index is 14.0. The number of ether oxygens (including phenoxy) is 1. The van der Waals surface area contributed by atoms with Crippen LogP contribution >= 0.6 is 0 Å². The zero-order valence-corrected chi connectivity index (χ0v) is 20.8. The van der Waals surface area contributed by atoms with Gasteiger partial charge in [0.1, 0.15) is 0 Å². The second-order valence-electron chi connectivity index (χ2n) is 10.6. The number of hydrogen-bond donors (Lipinski definition) is 0. The van der Waals surface area contributed by atoms with E-state index in [0.717, 1.165) is 57.8 Å². The first kappa shape index (κ1) is 25.6. The SMILES string of the molecule is CCC(C)(C)C(=O)C(=O)[N+]1(C2CCCCC2)CCCCC1C(=O)OCCCc1ccccc1. The zero-order chi connectivity index (χ0) is 23.9. The lowest BCUT2D eigenvalue weighted by atomic mass is 9.80. The number of rotatable bonds is 9. The zero-order valence-electron chi connectivity index (χ0n) is 20.8. The summed E-state index contributed by atoms with van der Waals surface area (Å²) in [6.45, 7) is 6.58. The normalized spacial score (nSPS) is 24.3. The summed E-state index contributed by atoms with van der Waals surface area (Å²) in [5.41, 5.74) is 0.514. The Balaban J connectivity index is 1.79. The summed E-state index contributed by atoms with van der Waals surface area (Å²) in [5, 5.41) is 0. The molecule has 1 aliphatic heterocycles. The van der Waals surface area contributed by atoms with Gasteiger partial charge in [0.15, 0.2) is 6.04 Å². The van der Waals surface area contributed by atoms with Crippen molar-refractivity contribution in [3.8, 4) is 0 Å². The third kappa shape index (κ3) is 5.74. The van der Waals surface area contributed by atoms with Gasteiger partial charge in [-0.3, -0.25) is 4.79 Å². The van der Waals surface area contributed by atoms with Gasteiger partial charge < -0.3 is 4.74 Å². The number of aryl methyl sites for hydroxylation is 1. The van der Waals surface area contributed by atoms with Crippen molar-refractivity contribution in [3.63, 3.8) is 0 Å². The molecule has 182 valence electrons. The minimum Gasteiger partial charge on any atom is -0.461 e. The molecule has 5 heteroatoms. The maximum Gasteiger partial charge on any atom is 0.383 e. The van der Waals surface area contributed by atoms with Crippen LogP contribution < -0.4 is 0 Å². The Kier molecular flexibility index (Phi) is 8.86. The van der Waals surface area contributed by atoms with Gasteiger partial charge >= 0.3 is 11.9 Å². The Morgan fingerprint density at radius 3 is 2.30 bits per heavy atom. The Bertz CT molecular complexity index is 812. The van der Waals surface area contributed by atoms with Crippen molar-refractivity contribution in [1.82, 2.24) is 0 Å². The highest BCUT2D eigenvalue weighted by Gasteiger charge is 2.58. The smallest absolute Gasteiger partial charge is 0.383 e. The van der Waals surface area contributed by atoms with Crippen molar-refractivity contribution in [2.24, 2.45) is 5.41 Å². The fraction of sp³-hybridized carbons (Fsp3) is 0.679. The number of carbonyl (C=O) groups is 3. The molecule has 1 heterocycles. The quantitative estimate of drug-likeness (QED) is 0.216. The van der Waals surface area contributed by atoms with Gasteiger partial charge in [0.2, 0.25) is 0 Å². The number of quaternary nitrogens is 1. The molecule has 2 atom stereocenters. The summed E-state index contributed by atoms with van der Waals surface area (Å²) in [5.74, 6) is -0.956. The molecule has 0 aromatic heterocycles. The summed E-state index contributed by atoms with van der Waals surface area (Å²) < 4.78 is 5.79. The third-order valence-electron chi connectivity index (χ3n) is 8.08. The van der Waals surface area contributed by atoms with Crippen molar-refractivity contribution >= 4 is 17.7 Å². The van der Waals surface area contributed by atoms with Gasteiger partial charge in [-0.05, 0) is 63.4 Å². The van der Waals surface area contributed by atoms with Crippen LogP contribution in [0.4, 0.5) is 0 Å². The van der Waals surface area contributed by atoms with E-state index in [1.165, 1.54) is 5.56 Å². The summed E-state index contributed by atoms with van der Waals surface area (Å²) >= 11 is 0. The lowest BCUT2D eigenvalue weighted by Gasteiger charge is -2.50. The molecule has 1 aromatic rings. The molecule has 3 rings (SSSR count). The van der Waals surface area contributed by atoms with E-state index >= 15 is 0 Å². The summed E-state index contributed by atoms with van der Waals surface area (Å²) in [6, 6.07) is 9.67. The number of ketones is 1. The van der Waals surface area contributed by atoms with E-state index in [1.54, 1.807) is 0 Å². The van der Waals surface area contributed by atoms with Crippen LogP contribution in [0.15, 0.2) is 30.3 Å². The molecule has 2 unspecified atom stereocenters. The van der Waals surface area contributed by atoms with Gasteiger partial charge in [-0.2, -0.15) is 0 Å². The number of benzene rings is 1. The Morgan fingerprint density at radius 2 is 1.64 bits per heavy atom. The number of likely N-dealkylation sites (tertiary alicyclic amines) is 1. The lowest BCUT2D eigenvalue weighted by molar-refractivity contribution is -0.899. The van der Waals surface area contributed by atoms with E-state index in [4.69, 9.17) is 4.74 Å². The first-order valence-corrected chi connectivity index (χ1v) is 13.0. The third-order valence-corrected chi connectivity index (χ3v) is 8.08. The van der Waals surface area contributed by atoms with Crippen LogP contribution in [0.2, 0.25) is 0 Å². The van der Waals surface area contributed by atoms with Crippen molar-refractivity contribution < 1.29 is 23.6 Å². The molecule has 1 saturated carbocycles. The first-order chi connectivity index (χ1) is 15.8. The van der Waals surface area contributed by atoms with Gasteiger partial charge in [-0.25, -0.2) is 14.1 Å². The monoisotopic (exact) mass is 456 g/mol. The maximum atomic E-state index is 14.0. The number of amides is 1. The average Bonchev–Trinajstić information content (AvgIpc) is 2.86. The molecule has 5 nitrogen and oxygen atoms in total. The van der Waals surface area contributed by atoms with Crippen LogP contribution in [0.25, 0.3) is 0 Å². The fourth-order valence-corrected chi connectivity index (χ4v) is 5.62. The second kappa shape index (κ2) is 11.4. The highest BCUT2D eigenvalue weighted by atomic mass is 16.5.